The number of nitrogens with one attached hydrogen (secondary N) is 7. The van der Waals surface area contributed by atoms with E-state index in [2.05, 4.69) is 41.9 Å². The third kappa shape index (κ3) is 14.2. The lowest BCUT2D eigenvalue weighted by molar-refractivity contribution is -0.141. The van der Waals surface area contributed by atoms with Crippen LogP contribution in [0, 0.1) is 17.8 Å². The number of aromatic amines is 1. The van der Waals surface area contributed by atoms with Crippen LogP contribution in [-0.4, -0.2) is 122 Å². The van der Waals surface area contributed by atoms with Crippen molar-refractivity contribution in [2.75, 3.05) is 19.6 Å². The molecule has 5 rings (SSSR count). The topological polar surface area (TPSA) is 294 Å². The first-order valence-electron chi connectivity index (χ1n) is 23.1. The molecule has 2 aromatic heterocycles. The molecule has 20 heteroatoms. The molecular formula is C47H65N9O11. The highest BCUT2D eigenvalue weighted by atomic mass is 16.3. The number of H-pyrrole nitrogens is 1. The van der Waals surface area contributed by atoms with Crippen LogP contribution in [0.3, 0.4) is 0 Å². The van der Waals surface area contributed by atoms with E-state index in [9.17, 15) is 48.6 Å². The molecule has 4 heterocycles. The highest BCUT2D eigenvalue weighted by Crippen LogP contribution is 2.23. The second-order valence-electron chi connectivity index (χ2n) is 18.0. The molecule has 7 amide bonds. The molecule has 0 saturated carbocycles. The number of hydrogen-bond donors (Lipinski definition) is 9. The summed E-state index contributed by atoms with van der Waals surface area (Å²) in [6.45, 7) is 10.7. The van der Waals surface area contributed by atoms with Crippen molar-refractivity contribution in [1.82, 2.24) is 46.8 Å². The number of hydrogen-bond acceptors (Lipinski definition) is 12. The first kappa shape index (κ1) is 51.4. The summed E-state index contributed by atoms with van der Waals surface area (Å²) in [5, 5.41) is 37.5. The number of ketones is 1. The first-order valence-corrected chi connectivity index (χ1v) is 23.1. The lowest BCUT2D eigenvalue weighted by atomic mass is 9.98. The number of carbonyl (C=O) groups excluding carboxylic acids is 8. The van der Waals surface area contributed by atoms with E-state index >= 15 is 0 Å². The van der Waals surface area contributed by atoms with Crippen LogP contribution in [0.4, 0.5) is 0 Å². The fourth-order valence-electron chi connectivity index (χ4n) is 8.02. The average molecular weight is 932 g/mol. The molecule has 4 bridgehead atoms. The number of carbonyl (C=O) groups is 8. The maximum absolute atomic E-state index is 14.3. The number of Topliss-reactive ketones (excluding diaryl/α,β-unsaturated/α-hetero) is 1. The molecule has 0 aliphatic carbocycles. The Balaban J connectivity index is 1.42. The molecule has 364 valence electrons. The second kappa shape index (κ2) is 23.7. The van der Waals surface area contributed by atoms with Gasteiger partial charge in [0.15, 0.2) is 0 Å². The minimum absolute atomic E-state index is 0.0140. The van der Waals surface area contributed by atoms with E-state index in [1.807, 2.05) is 27.7 Å². The van der Waals surface area contributed by atoms with E-state index < -0.39 is 89.4 Å². The Kier molecular flexibility index (Phi) is 18.2. The predicted molar refractivity (Wildman–Crippen MR) is 245 cm³/mol. The summed E-state index contributed by atoms with van der Waals surface area (Å²) in [5.41, 5.74) is 1.48. The maximum atomic E-state index is 14.3. The van der Waals surface area contributed by atoms with Crippen molar-refractivity contribution in [3.63, 3.8) is 0 Å². The van der Waals surface area contributed by atoms with Gasteiger partial charge in [0.05, 0.1) is 12.0 Å². The smallest absolute Gasteiger partial charge is 0.290 e. The Morgan fingerprint density at radius 1 is 0.955 bits per heavy atom. The number of rotatable bonds is 12. The van der Waals surface area contributed by atoms with Gasteiger partial charge >= 0.3 is 0 Å². The van der Waals surface area contributed by atoms with Gasteiger partial charge in [0.2, 0.25) is 47.1 Å². The lowest BCUT2D eigenvalue weighted by Gasteiger charge is -2.27. The van der Waals surface area contributed by atoms with E-state index in [4.69, 9.17) is 4.42 Å². The summed E-state index contributed by atoms with van der Waals surface area (Å²) in [7, 11) is 0. The fourth-order valence-corrected chi connectivity index (χ4v) is 8.02. The highest BCUT2D eigenvalue weighted by molar-refractivity contribution is 6.38. The molecule has 2 aliphatic rings. The van der Waals surface area contributed by atoms with Crippen LogP contribution >= 0.6 is 0 Å². The van der Waals surface area contributed by atoms with Crippen molar-refractivity contribution in [2.24, 2.45) is 17.8 Å². The Hall–Kier alpha value is -6.57. The van der Waals surface area contributed by atoms with Crippen LogP contribution in [0.1, 0.15) is 110 Å². The van der Waals surface area contributed by atoms with Crippen LogP contribution in [-0.2, 0) is 44.8 Å². The number of phenols is 1. The number of aromatic nitrogens is 2. The van der Waals surface area contributed by atoms with Crippen LogP contribution in [0.15, 0.2) is 41.0 Å². The van der Waals surface area contributed by atoms with E-state index in [-0.39, 0.29) is 87.3 Å². The van der Waals surface area contributed by atoms with Crippen LogP contribution in [0.25, 0.3) is 17.0 Å². The van der Waals surface area contributed by atoms with Gasteiger partial charge in [-0.2, -0.15) is 0 Å². The monoisotopic (exact) mass is 931 g/mol. The number of benzene rings is 1. The SMILES string of the molecule is CCC[C@@H](NC(=O)C(O)C(C)CC)C(=O)N[C@H]1CCCNC(=O)[C@H](Cc2cc3cc(O)ccc3[nH]2)NC(=O)/C=C/c2coc(n2)[C@H](C)NC(=O)C(=O)[C@H](CC(C)C)NC(=O)[C@@H]2CCN(C2)C1=O. The van der Waals surface area contributed by atoms with Crippen molar-refractivity contribution < 1.29 is 53.0 Å². The van der Waals surface area contributed by atoms with Crippen molar-refractivity contribution in [3.8, 4) is 5.75 Å². The van der Waals surface area contributed by atoms with Crippen LogP contribution in [0.2, 0.25) is 0 Å². The molecule has 1 saturated heterocycles. The Morgan fingerprint density at radius 2 is 1.72 bits per heavy atom. The molecule has 1 aromatic carbocycles. The molecule has 67 heavy (non-hydrogen) atoms. The quantitative estimate of drug-likeness (QED) is 0.118. The van der Waals surface area contributed by atoms with Gasteiger partial charge in [0, 0.05) is 48.7 Å². The third-order valence-corrected chi connectivity index (χ3v) is 12.1. The van der Waals surface area contributed by atoms with Gasteiger partial charge < -0.3 is 56.4 Å². The molecule has 2 unspecified atom stereocenters. The summed E-state index contributed by atoms with van der Waals surface area (Å²) in [4.78, 5) is 118. The number of aliphatic hydroxyl groups excluding tert-OH is 1. The van der Waals surface area contributed by atoms with Gasteiger partial charge in [0.25, 0.3) is 5.91 Å². The van der Waals surface area contributed by atoms with Gasteiger partial charge in [-0.25, -0.2) is 4.98 Å². The molecule has 0 radical (unpaired) electrons. The molecule has 2 aliphatic heterocycles. The molecule has 3 aromatic rings. The van der Waals surface area contributed by atoms with Gasteiger partial charge in [-0.15, -0.1) is 0 Å². The standard InChI is InChI=1S/C47H65N9O11/c1-7-10-34(53-44(64)39(59)26(5)8-2)43(63)54-35-11-9-17-48-42(62)37(22-31-20-29-21-32(57)13-14-33(29)50-31)52-38(58)15-12-30-24-67-46(51-30)27(6)49-45(65)40(60)36(19-25(3)4)55-41(61)28-16-18-56(23-28)47(35)66/h12-15,20-21,24-28,34-37,39,50,57,59H,7-11,16-19,22-23H2,1-6H3,(H,48,62)(H,49,65)(H,52,58)(H,53,64)(H,54,63)(H,55,61)/b15-12+/t26?,27-,28+,34+,35-,36-,37-,39?/m0/s1. The predicted octanol–water partition coefficient (Wildman–Crippen LogP) is 1.81. The Morgan fingerprint density at radius 3 is 2.43 bits per heavy atom. The third-order valence-electron chi connectivity index (χ3n) is 12.1. The minimum Gasteiger partial charge on any atom is -0.508 e. The lowest BCUT2D eigenvalue weighted by Crippen LogP contribution is -2.56. The Bertz CT molecular complexity index is 2300. The fraction of sp³-hybridized carbons (Fsp3) is 0.553. The van der Waals surface area contributed by atoms with E-state index in [1.54, 1.807) is 32.0 Å². The number of nitrogens with zero attached hydrogens (tertiary/aromatic N) is 2. The zero-order valence-corrected chi connectivity index (χ0v) is 39.0. The number of amides is 7. The zero-order valence-electron chi connectivity index (χ0n) is 39.0. The Labute approximate surface area is 389 Å². The van der Waals surface area contributed by atoms with Crippen LogP contribution in [0.5, 0.6) is 5.75 Å². The summed E-state index contributed by atoms with van der Waals surface area (Å²) >= 11 is 0. The van der Waals surface area contributed by atoms with Crippen molar-refractivity contribution in [1.29, 1.82) is 0 Å². The number of oxazole rings is 1. The normalized spacial score (nSPS) is 23.5. The number of aliphatic hydroxyl groups is 1. The van der Waals surface area contributed by atoms with E-state index in [1.165, 1.54) is 23.3 Å². The average Bonchev–Trinajstić information content (AvgIpc) is 4.07. The number of aromatic hydroxyl groups is 1. The van der Waals surface area contributed by atoms with Crippen LogP contribution < -0.4 is 31.9 Å². The van der Waals surface area contributed by atoms with Gasteiger partial charge in [-0.1, -0.05) is 47.5 Å². The van der Waals surface area contributed by atoms with E-state index in [0.29, 0.717) is 29.4 Å². The summed E-state index contributed by atoms with van der Waals surface area (Å²) < 4.78 is 5.54. The highest BCUT2D eigenvalue weighted by Gasteiger charge is 2.38. The van der Waals surface area contributed by atoms with Gasteiger partial charge in [-0.05, 0) is 81.2 Å². The number of fused-ring (bicyclic) bond motifs is 5. The molecule has 20 nitrogen and oxygen atoms in total. The van der Waals surface area contributed by atoms with Crippen molar-refractivity contribution in [3.05, 3.63) is 53.9 Å². The maximum Gasteiger partial charge on any atom is 0.290 e. The first-order chi connectivity index (χ1) is 31.9. The number of phenolic OH excluding ortho intramolecular Hbond substituents is 1. The largest absolute Gasteiger partial charge is 0.508 e. The molecular weight excluding hydrogens is 867 g/mol. The summed E-state index contributed by atoms with van der Waals surface area (Å²) in [6.07, 6.45) is 4.19. The van der Waals surface area contributed by atoms with E-state index in [0.717, 1.165) is 6.08 Å². The molecule has 9 N–H and O–H groups in total. The minimum atomic E-state index is -1.36. The van der Waals surface area contributed by atoms with Crippen molar-refractivity contribution in [2.45, 2.75) is 129 Å². The molecule has 8 atom stereocenters. The zero-order chi connectivity index (χ0) is 48.9. The molecule has 1 fully saturated rings. The molecule has 0 spiro atoms. The second-order valence-corrected chi connectivity index (χ2v) is 18.0. The van der Waals surface area contributed by atoms with Gasteiger partial charge in [0.1, 0.15) is 48.0 Å². The summed E-state index contributed by atoms with van der Waals surface area (Å²) in [6, 6.07) is 1.05. The van der Waals surface area contributed by atoms with Crippen molar-refractivity contribution >= 4 is 64.1 Å². The summed E-state index contributed by atoms with van der Waals surface area (Å²) in [5.74, 6) is -6.62. The van der Waals surface area contributed by atoms with Gasteiger partial charge in [-0.3, -0.25) is 38.4 Å².